The van der Waals surface area contributed by atoms with Gasteiger partial charge in [0.25, 0.3) is 0 Å². The number of carbonyl (C=O) groups excluding carboxylic acids is 1. The summed E-state index contributed by atoms with van der Waals surface area (Å²) < 4.78 is 58.8. The molecule has 1 aromatic carbocycles. The third-order valence-corrected chi connectivity index (χ3v) is 4.66. The van der Waals surface area contributed by atoms with Gasteiger partial charge in [0.1, 0.15) is 29.5 Å². The lowest BCUT2D eigenvalue weighted by Gasteiger charge is -2.38. The summed E-state index contributed by atoms with van der Waals surface area (Å²) in [4.78, 5) is 14.8. The van der Waals surface area contributed by atoms with E-state index in [2.05, 4.69) is 21.2 Å². The highest BCUT2D eigenvalue weighted by Gasteiger charge is 2.58. The van der Waals surface area contributed by atoms with E-state index in [9.17, 15) is 18.7 Å². The molecule has 1 aliphatic rings. The van der Waals surface area contributed by atoms with Crippen LogP contribution >= 0.6 is 0 Å². The Balaban J connectivity index is 2.00. The summed E-state index contributed by atoms with van der Waals surface area (Å²) in [6, 6.07) is 4.32. The second kappa shape index (κ2) is 8.36. The Labute approximate surface area is 169 Å². The van der Waals surface area contributed by atoms with E-state index in [1.54, 1.807) is 0 Å². The Hall–Kier alpha value is -3.05. The van der Waals surface area contributed by atoms with Crippen LogP contribution in [0.2, 0.25) is 0 Å². The van der Waals surface area contributed by atoms with Crippen molar-refractivity contribution in [2.75, 3.05) is 6.54 Å². The Bertz CT molecular complexity index is 954. The monoisotopic (exact) mass is 425 g/mol. The van der Waals surface area contributed by atoms with Crippen LogP contribution < -0.4 is 11.1 Å². The van der Waals surface area contributed by atoms with Crippen molar-refractivity contribution in [3.63, 3.8) is 0 Å². The SMILES string of the molecule is CC(=O)CCc1ccc(C(F)(F)C(O)(CN2C=NNN2)c2ccc(F)cc2F)nc1. The minimum atomic E-state index is -4.08. The molecule has 1 aromatic heterocycles. The van der Waals surface area contributed by atoms with E-state index in [4.69, 9.17) is 0 Å². The third-order valence-electron chi connectivity index (χ3n) is 4.66. The number of nitrogens with zero attached hydrogens (tertiary/aromatic N) is 3. The highest BCUT2D eigenvalue weighted by atomic mass is 19.3. The number of hydrogen-bond donors (Lipinski definition) is 3. The summed E-state index contributed by atoms with van der Waals surface area (Å²) in [5.74, 6) is -6.45. The minimum Gasteiger partial charge on any atom is -0.377 e. The first-order valence-corrected chi connectivity index (χ1v) is 8.94. The van der Waals surface area contributed by atoms with E-state index in [-0.39, 0.29) is 12.2 Å². The Morgan fingerprint density at radius 1 is 1.23 bits per heavy atom. The van der Waals surface area contributed by atoms with Crippen LogP contribution in [0.5, 0.6) is 0 Å². The lowest BCUT2D eigenvalue weighted by Crippen LogP contribution is -2.54. The molecule has 0 aliphatic carbocycles. The predicted molar refractivity (Wildman–Crippen MR) is 98.9 cm³/mol. The zero-order valence-corrected chi connectivity index (χ0v) is 15.9. The number of ketones is 1. The number of halogens is 4. The van der Waals surface area contributed by atoms with Crippen LogP contribution in [-0.4, -0.2) is 33.8 Å². The number of β-amino-alcohol motifs (C(OH)–C–C–N with tert-alkyl or cyclic N) is 1. The number of pyridine rings is 1. The van der Waals surface area contributed by atoms with Gasteiger partial charge in [0.15, 0.2) is 5.60 Å². The van der Waals surface area contributed by atoms with E-state index in [1.165, 1.54) is 19.2 Å². The maximum absolute atomic E-state index is 15.5. The number of carbonyl (C=O) groups is 1. The minimum absolute atomic E-state index is 0.0565. The Kier molecular flexibility index (Phi) is 6.04. The second-order valence-electron chi connectivity index (χ2n) is 6.91. The molecule has 11 heteroatoms. The van der Waals surface area contributed by atoms with Gasteiger partial charge in [-0.2, -0.15) is 13.9 Å². The van der Waals surface area contributed by atoms with Gasteiger partial charge in [-0.25, -0.2) is 14.3 Å². The quantitative estimate of drug-likeness (QED) is 0.562. The number of aryl methyl sites for hydroxylation is 1. The van der Waals surface area contributed by atoms with Crippen molar-refractivity contribution in [3.8, 4) is 0 Å². The molecule has 1 unspecified atom stereocenters. The standard InChI is InChI=1S/C19H19F4N5O2/c1-12(29)2-3-13-4-7-17(24-9-13)19(22,23)18(30,10-28-11-25-26-27-28)15-6-5-14(20)8-16(15)21/h4-9,11,26-27,30H,2-3,10H2,1H3. The highest BCUT2D eigenvalue weighted by molar-refractivity contribution is 5.75. The molecule has 0 amide bonds. The van der Waals surface area contributed by atoms with Gasteiger partial charge in [0.05, 0.1) is 6.54 Å². The van der Waals surface area contributed by atoms with Crippen molar-refractivity contribution in [3.05, 3.63) is 65.0 Å². The number of hydrazine groups is 2. The second-order valence-corrected chi connectivity index (χ2v) is 6.91. The molecule has 2 heterocycles. The van der Waals surface area contributed by atoms with E-state index in [0.717, 1.165) is 29.5 Å². The number of hydrazone groups is 1. The summed E-state index contributed by atoms with van der Waals surface area (Å²) >= 11 is 0. The fraction of sp³-hybridized carbons (Fsp3) is 0.316. The number of alkyl halides is 2. The summed E-state index contributed by atoms with van der Waals surface area (Å²) in [5.41, 5.74) is 0.473. The normalized spacial score (nSPS) is 15.7. The number of hydrogen-bond acceptors (Lipinski definition) is 7. The average molecular weight is 425 g/mol. The van der Waals surface area contributed by atoms with Crippen LogP contribution in [-0.2, 0) is 22.7 Å². The van der Waals surface area contributed by atoms with E-state index >= 15 is 8.78 Å². The molecular formula is C19H19F4N5O2. The molecule has 1 aliphatic heterocycles. The molecule has 0 saturated carbocycles. The summed E-state index contributed by atoms with van der Waals surface area (Å²) in [5, 5.41) is 15.6. The topological polar surface area (TPSA) is 89.8 Å². The van der Waals surface area contributed by atoms with Crippen molar-refractivity contribution in [1.82, 2.24) is 21.1 Å². The summed E-state index contributed by atoms with van der Waals surface area (Å²) in [6.07, 6.45) is 2.81. The molecule has 0 spiro atoms. The van der Waals surface area contributed by atoms with Crippen LogP contribution in [0.3, 0.4) is 0 Å². The van der Waals surface area contributed by atoms with Gasteiger partial charge in [-0.3, -0.25) is 9.99 Å². The maximum Gasteiger partial charge on any atom is 0.323 e. The number of rotatable bonds is 8. The first-order chi connectivity index (χ1) is 14.1. The molecule has 0 radical (unpaired) electrons. The average Bonchev–Trinajstić information content (AvgIpc) is 3.19. The number of Topliss-reactive ketones (excluding diaryl/α,β-unsaturated/α-hetero) is 1. The lowest BCUT2D eigenvalue weighted by atomic mass is 9.84. The van der Waals surface area contributed by atoms with Crippen LogP contribution in [0.15, 0.2) is 41.6 Å². The van der Waals surface area contributed by atoms with Gasteiger partial charge in [0.2, 0.25) is 0 Å². The van der Waals surface area contributed by atoms with Gasteiger partial charge >= 0.3 is 5.92 Å². The molecule has 0 bridgehead atoms. The smallest absolute Gasteiger partial charge is 0.323 e. The van der Waals surface area contributed by atoms with Crippen molar-refractivity contribution < 1.29 is 27.5 Å². The van der Waals surface area contributed by atoms with E-state index in [1.807, 2.05) is 0 Å². The number of aromatic nitrogens is 1. The van der Waals surface area contributed by atoms with Crippen LogP contribution in [0.1, 0.15) is 30.2 Å². The molecule has 1 atom stereocenters. The van der Waals surface area contributed by atoms with Crippen molar-refractivity contribution in [1.29, 1.82) is 0 Å². The van der Waals surface area contributed by atoms with Gasteiger partial charge < -0.3 is 9.90 Å². The van der Waals surface area contributed by atoms with E-state index < -0.39 is 41.0 Å². The largest absolute Gasteiger partial charge is 0.377 e. The van der Waals surface area contributed by atoms with Gasteiger partial charge in [-0.05, 0) is 37.1 Å². The van der Waals surface area contributed by atoms with Crippen molar-refractivity contribution in [2.45, 2.75) is 31.3 Å². The molecular weight excluding hydrogens is 406 g/mol. The first kappa shape index (κ1) is 21.7. The lowest BCUT2D eigenvalue weighted by molar-refractivity contribution is -0.206. The predicted octanol–water partition coefficient (Wildman–Crippen LogP) is 2.13. The zero-order valence-electron chi connectivity index (χ0n) is 15.9. The van der Waals surface area contributed by atoms with Crippen molar-refractivity contribution >= 4 is 12.1 Å². The van der Waals surface area contributed by atoms with E-state index in [0.29, 0.717) is 18.1 Å². The first-order valence-electron chi connectivity index (χ1n) is 8.94. The summed E-state index contributed by atoms with van der Waals surface area (Å²) in [6.45, 7) is 0.574. The molecule has 0 saturated heterocycles. The fourth-order valence-electron chi connectivity index (χ4n) is 3.02. The number of aliphatic hydroxyl groups is 1. The Morgan fingerprint density at radius 3 is 2.57 bits per heavy atom. The van der Waals surface area contributed by atoms with Crippen LogP contribution in [0, 0.1) is 11.6 Å². The third kappa shape index (κ3) is 4.26. The fourth-order valence-corrected chi connectivity index (χ4v) is 3.02. The van der Waals surface area contributed by atoms with Crippen LogP contribution in [0.25, 0.3) is 0 Å². The zero-order chi connectivity index (χ0) is 21.9. The molecule has 30 heavy (non-hydrogen) atoms. The van der Waals surface area contributed by atoms with Crippen molar-refractivity contribution in [2.24, 2.45) is 5.10 Å². The molecule has 3 rings (SSSR count). The number of nitrogens with one attached hydrogen (secondary N) is 2. The maximum atomic E-state index is 15.5. The van der Waals surface area contributed by atoms with Crippen LogP contribution in [0.4, 0.5) is 17.6 Å². The molecule has 3 N–H and O–H groups in total. The van der Waals surface area contributed by atoms with Gasteiger partial charge in [-0.15, -0.1) is 5.53 Å². The molecule has 7 nitrogen and oxygen atoms in total. The highest BCUT2D eigenvalue weighted by Crippen LogP contribution is 2.46. The molecule has 0 fully saturated rings. The van der Waals surface area contributed by atoms with Gasteiger partial charge in [0, 0.05) is 24.2 Å². The molecule has 2 aromatic rings. The van der Waals surface area contributed by atoms with Gasteiger partial charge in [-0.1, -0.05) is 6.07 Å². The Morgan fingerprint density at radius 2 is 2.00 bits per heavy atom. The summed E-state index contributed by atoms with van der Waals surface area (Å²) in [7, 11) is 0. The molecule has 160 valence electrons. The number of benzene rings is 1.